The second-order valence-electron chi connectivity index (χ2n) is 6.79. The third-order valence-corrected chi connectivity index (χ3v) is 4.59. The van der Waals surface area contributed by atoms with Gasteiger partial charge in [0.05, 0.1) is 0 Å². The molecule has 0 heteroatoms. The second-order valence-corrected chi connectivity index (χ2v) is 6.79. The summed E-state index contributed by atoms with van der Waals surface area (Å²) in [6.07, 6.45) is 17.3. The van der Waals surface area contributed by atoms with Gasteiger partial charge in [0.1, 0.15) is 0 Å². The molecule has 2 aliphatic rings. The summed E-state index contributed by atoms with van der Waals surface area (Å²) in [6, 6.07) is 8.81. The molecule has 24 heavy (non-hydrogen) atoms. The van der Waals surface area contributed by atoms with Crippen molar-refractivity contribution in [3.8, 4) is 0 Å². The Hall–Kier alpha value is -2.34. The van der Waals surface area contributed by atoms with Crippen molar-refractivity contribution in [2.24, 2.45) is 0 Å². The number of hydrogen-bond acceptors (Lipinski definition) is 0. The van der Waals surface area contributed by atoms with Gasteiger partial charge in [-0.25, -0.2) is 0 Å². The van der Waals surface area contributed by atoms with Gasteiger partial charge in [0.15, 0.2) is 0 Å². The molecule has 0 heterocycles. The molecule has 0 aliphatic heterocycles. The predicted octanol–water partition coefficient (Wildman–Crippen LogP) is 6.65. The number of rotatable bonds is 2. The van der Waals surface area contributed by atoms with Crippen molar-refractivity contribution >= 4 is 11.1 Å². The molecule has 3 rings (SSSR count). The fourth-order valence-electron chi connectivity index (χ4n) is 3.27. The number of benzene rings is 1. The Morgan fingerprint density at radius 1 is 0.750 bits per heavy atom. The average Bonchev–Trinajstić information content (AvgIpc) is 2.61. The van der Waals surface area contributed by atoms with Crippen LogP contribution < -0.4 is 0 Å². The molecule has 0 fully saturated rings. The van der Waals surface area contributed by atoms with E-state index >= 15 is 0 Å². The summed E-state index contributed by atoms with van der Waals surface area (Å²) in [4.78, 5) is 0. The van der Waals surface area contributed by atoms with Crippen molar-refractivity contribution in [3.05, 3.63) is 94.1 Å². The molecule has 0 spiro atoms. The monoisotopic (exact) mass is 312 g/mol. The zero-order valence-electron chi connectivity index (χ0n) is 15.0. The number of hydrogen-bond donors (Lipinski definition) is 0. The first-order valence-electron chi connectivity index (χ1n) is 8.59. The first-order chi connectivity index (χ1) is 11.6. The van der Waals surface area contributed by atoms with E-state index in [4.69, 9.17) is 0 Å². The van der Waals surface area contributed by atoms with Gasteiger partial charge in [0, 0.05) is 0 Å². The standard InChI is InChI=1S/C24H24/c1-17(2)21-12-5-7-14-23(21)19-10-9-11-20(16-19)24-15-8-6-13-22(24)18(3)4/h5-11,16H,12-13H2,1-4H3. The van der Waals surface area contributed by atoms with Crippen molar-refractivity contribution < 1.29 is 0 Å². The van der Waals surface area contributed by atoms with E-state index < -0.39 is 0 Å². The summed E-state index contributed by atoms with van der Waals surface area (Å²) in [6.45, 7) is 8.74. The van der Waals surface area contributed by atoms with Gasteiger partial charge in [0.25, 0.3) is 0 Å². The summed E-state index contributed by atoms with van der Waals surface area (Å²) in [7, 11) is 0. The lowest BCUT2D eigenvalue weighted by molar-refractivity contribution is 1.17. The molecule has 0 saturated heterocycles. The maximum Gasteiger partial charge on any atom is -0.00705 e. The summed E-state index contributed by atoms with van der Waals surface area (Å²) in [5.41, 5.74) is 10.4. The Balaban J connectivity index is 2.08. The lowest BCUT2D eigenvalue weighted by Crippen LogP contribution is -1.99. The Bertz CT molecular complexity index is 757. The molecule has 1 aromatic rings. The quantitative estimate of drug-likeness (QED) is 0.573. The van der Waals surface area contributed by atoms with Gasteiger partial charge in [-0.1, -0.05) is 53.6 Å². The molecule has 2 aliphatic carbocycles. The molecule has 120 valence electrons. The molecule has 0 saturated carbocycles. The van der Waals surface area contributed by atoms with Crippen LogP contribution in [0.3, 0.4) is 0 Å². The Morgan fingerprint density at radius 2 is 1.21 bits per heavy atom. The minimum absolute atomic E-state index is 0.992. The van der Waals surface area contributed by atoms with E-state index in [-0.39, 0.29) is 0 Å². The van der Waals surface area contributed by atoms with Crippen LogP contribution in [0.25, 0.3) is 11.1 Å². The average molecular weight is 312 g/mol. The van der Waals surface area contributed by atoms with Gasteiger partial charge >= 0.3 is 0 Å². The molecule has 0 N–H and O–H groups in total. The van der Waals surface area contributed by atoms with E-state index in [2.05, 4.69) is 76.3 Å². The zero-order valence-corrected chi connectivity index (χ0v) is 15.0. The predicted molar refractivity (Wildman–Crippen MR) is 104 cm³/mol. The van der Waals surface area contributed by atoms with Crippen molar-refractivity contribution in [2.75, 3.05) is 0 Å². The molecule has 0 aromatic heterocycles. The van der Waals surface area contributed by atoms with Gasteiger partial charge < -0.3 is 0 Å². The molecule has 0 unspecified atom stereocenters. The summed E-state index contributed by atoms with van der Waals surface area (Å²) in [5, 5.41) is 0. The van der Waals surface area contributed by atoms with Gasteiger partial charge in [-0.2, -0.15) is 0 Å². The maximum atomic E-state index is 3.45. The van der Waals surface area contributed by atoms with Crippen LogP contribution in [0.2, 0.25) is 0 Å². The highest BCUT2D eigenvalue weighted by atomic mass is 14.2. The number of allylic oxidation sites excluding steroid dienone is 12. The largest absolute Gasteiger partial charge is 0.0795 e. The zero-order chi connectivity index (χ0) is 17.1. The van der Waals surface area contributed by atoms with Gasteiger partial charge in [-0.3, -0.25) is 0 Å². The first kappa shape index (κ1) is 16.5. The molecule has 0 nitrogen and oxygen atoms in total. The summed E-state index contributed by atoms with van der Waals surface area (Å²) < 4.78 is 0. The summed E-state index contributed by atoms with van der Waals surface area (Å²) in [5.74, 6) is 0. The van der Waals surface area contributed by atoms with Crippen molar-refractivity contribution in [1.82, 2.24) is 0 Å². The van der Waals surface area contributed by atoms with E-state index in [1.807, 2.05) is 12.2 Å². The highest BCUT2D eigenvalue weighted by Gasteiger charge is 2.15. The molecule has 2 radical (unpaired) electrons. The van der Waals surface area contributed by atoms with Crippen LogP contribution in [0, 0.1) is 12.2 Å². The highest BCUT2D eigenvalue weighted by Crippen LogP contribution is 2.35. The normalized spacial score (nSPS) is 16.8. The third-order valence-electron chi connectivity index (χ3n) is 4.59. The van der Waals surface area contributed by atoms with E-state index in [1.54, 1.807) is 0 Å². The molecular formula is C24H24. The highest BCUT2D eigenvalue weighted by molar-refractivity contribution is 5.85. The van der Waals surface area contributed by atoms with Crippen molar-refractivity contribution in [1.29, 1.82) is 0 Å². The first-order valence-corrected chi connectivity index (χ1v) is 8.59. The minimum atomic E-state index is 0.992. The molecular weight excluding hydrogens is 288 g/mol. The topological polar surface area (TPSA) is 0 Å². The fourth-order valence-corrected chi connectivity index (χ4v) is 3.27. The Labute approximate surface area is 146 Å². The molecule has 0 bridgehead atoms. The Kier molecular flexibility index (Phi) is 4.85. The molecule has 0 amide bonds. The van der Waals surface area contributed by atoms with Crippen LogP contribution in [0.15, 0.2) is 70.9 Å². The van der Waals surface area contributed by atoms with Crippen LogP contribution >= 0.6 is 0 Å². The van der Waals surface area contributed by atoms with Gasteiger partial charge in [-0.15, -0.1) is 0 Å². The van der Waals surface area contributed by atoms with Gasteiger partial charge in [0.2, 0.25) is 0 Å². The van der Waals surface area contributed by atoms with E-state index in [0.29, 0.717) is 0 Å². The van der Waals surface area contributed by atoms with E-state index in [9.17, 15) is 0 Å². The summed E-state index contributed by atoms with van der Waals surface area (Å²) >= 11 is 0. The van der Waals surface area contributed by atoms with Crippen LogP contribution in [-0.4, -0.2) is 0 Å². The lowest BCUT2D eigenvalue weighted by atomic mass is 9.85. The molecule has 1 aromatic carbocycles. The van der Waals surface area contributed by atoms with Crippen LogP contribution in [0.1, 0.15) is 51.7 Å². The van der Waals surface area contributed by atoms with Crippen LogP contribution in [0.5, 0.6) is 0 Å². The van der Waals surface area contributed by atoms with Crippen LogP contribution in [-0.2, 0) is 0 Å². The molecule has 0 atom stereocenters. The minimum Gasteiger partial charge on any atom is -0.0795 e. The van der Waals surface area contributed by atoms with E-state index in [0.717, 1.165) is 12.8 Å². The fraction of sp³-hybridized carbons (Fsp3) is 0.250. The Morgan fingerprint density at radius 3 is 1.62 bits per heavy atom. The maximum absolute atomic E-state index is 3.45. The second kappa shape index (κ2) is 7.05. The smallest absolute Gasteiger partial charge is 0.00705 e. The SMILES string of the molecule is CC(C)=C1CC=C[C]=C1c1cccc(C2=[C]C=CCC2=C(C)C)c1. The lowest BCUT2D eigenvalue weighted by Gasteiger charge is -2.19. The van der Waals surface area contributed by atoms with Crippen molar-refractivity contribution in [3.63, 3.8) is 0 Å². The van der Waals surface area contributed by atoms with Crippen LogP contribution in [0.4, 0.5) is 0 Å². The third kappa shape index (κ3) is 3.28. The van der Waals surface area contributed by atoms with Gasteiger partial charge in [-0.05, 0) is 92.2 Å². The van der Waals surface area contributed by atoms with E-state index in [1.165, 1.54) is 44.6 Å². The van der Waals surface area contributed by atoms with Crippen molar-refractivity contribution in [2.45, 2.75) is 40.5 Å².